The van der Waals surface area contributed by atoms with Gasteiger partial charge in [-0.2, -0.15) is 0 Å². The van der Waals surface area contributed by atoms with Gasteiger partial charge in [-0.15, -0.1) is 0 Å². The smallest absolute Gasteiger partial charge is 0.226 e. The van der Waals surface area contributed by atoms with Crippen LogP contribution in [0.4, 0.5) is 5.13 Å². The molecule has 0 aliphatic carbocycles. The van der Waals surface area contributed by atoms with Crippen LogP contribution in [0.5, 0.6) is 5.75 Å². The number of aromatic nitrogens is 1. The monoisotopic (exact) mass is 367 g/mol. The number of para-hydroxylation sites is 1. The molecule has 0 unspecified atom stereocenters. The van der Waals surface area contributed by atoms with Gasteiger partial charge in [0.2, 0.25) is 5.91 Å². The minimum absolute atomic E-state index is 0.0125. The molecule has 1 saturated heterocycles. The summed E-state index contributed by atoms with van der Waals surface area (Å²) in [7, 11) is 1.64. The number of carbonyl (C=O) groups excluding carboxylic acids is 1. The molecule has 2 aromatic carbocycles. The molecule has 1 amide bonds. The second-order valence-electron chi connectivity index (χ2n) is 6.60. The SMILES string of the molecule is COc1ccccc1CNC(=O)C1CN(c2nc3ccc(C)cc3s2)C1. The largest absolute Gasteiger partial charge is 0.496 e. The van der Waals surface area contributed by atoms with Crippen LogP contribution >= 0.6 is 11.3 Å². The average Bonchev–Trinajstić information content (AvgIpc) is 3.01. The fourth-order valence-electron chi connectivity index (χ4n) is 3.13. The second-order valence-corrected chi connectivity index (χ2v) is 7.61. The molecule has 134 valence electrons. The summed E-state index contributed by atoms with van der Waals surface area (Å²) in [5.74, 6) is 0.898. The summed E-state index contributed by atoms with van der Waals surface area (Å²) in [6.45, 7) is 4.01. The highest BCUT2D eigenvalue weighted by Crippen LogP contribution is 2.33. The highest BCUT2D eigenvalue weighted by atomic mass is 32.1. The summed E-state index contributed by atoms with van der Waals surface area (Å²) in [4.78, 5) is 19.3. The van der Waals surface area contributed by atoms with Gasteiger partial charge in [0.15, 0.2) is 5.13 Å². The fourth-order valence-corrected chi connectivity index (χ4v) is 4.21. The van der Waals surface area contributed by atoms with Crippen LogP contribution in [0.3, 0.4) is 0 Å². The normalized spacial score (nSPS) is 14.3. The number of amides is 1. The van der Waals surface area contributed by atoms with E-state index >= 15 is 0 Å². The van der Waals surface area contributed by atoms with Crippen molar-refractivity contribution >= 4 is 32.6 Å². The lowest BCUT2D eigenvalue weighted by Gasteiger charge is -2.38. The van der Waals surface area contributed by atoms with Crippen LogP contribution in [0.2, 0.25) is 0 Å². The minimum atomic E-state index is 0.0125. The van der Waals surface area contributed by atoms with E-state index in [1.807, 2.05) is 24.3 Å². The number of rotatable bonds is 5. The van der Waals surface area contributed by atoms with Gasteiger partial charge < -0.3 is 15.0 Å². The van der Waals surface area contributed by atoms with Crippen LogP contribution in [-0.2, 0) is 11.3 Å². The quantitative estimate of drug-likeness (QED) is 0.751. The van der Waals surface area contributed by atoms with E-state index in [0.717, 1.165) is 35.1 Å². The van der Waals surface area contributed by atoms with E-state index in [9.17, 15) is 4.79 Å². The van der Waals surface area contributed by atoms with Gasteiger partial charge in [-0.1, -0.05) is 35.6 Å². The fraction of sp³-hybridized carbons (Fsp3) is 0.300. The highest BCUT2D eigenvalue weighted by molar-refractivity contribution is 7.22. The van der Waals surface area contributed by atoms with Crippen molar-refractivity contribution in [2.75, 3.05) is 25.1 Å². The Labute approximate surface area is 156 Å². The average molecular weight is 367 g/mol. The first kappa shape index (κ1) is 16.8. The molecule has 1 aliphatic heterocycles. The third-order valence-corrected chi connectivity index (χ3v) is 5.78. The van der Waals surface area contributed by atoms with Crippen molar-refractivity contribution in [2.24, 2.45) is 5.92 Å². The molecule has 1 aromatic heterocycles. The van der Waals surface area contributed by atoms with Crippen LogP contribution in [0.25, 0.3) is 10.2 Å². The number of ether oxygens (including phenoxy) is 1. The molecule has 1 fully saturated rings. The Bertz CT molecular complexity index is 947. The van der Waals surface area contributed by atoms with Crippen LogP contribution in [0.1, 0.15) is 11.1 Å². The maximum absolute atomic E-state index is 12.4. The zero-order valence-corrected chi connectivity index (χ0v) is 15.7. The zero-order valence-electron chi connectivity index (χ0n) is 14.9. The third-order valence-electron chi connectivity index (χ3n) is 4.70. The zero-order chi connectivity index (χ0) is 18.1. The Hall–Kier alpha value is -2.60. The number of anilines is 1. The van der Waals surface area contributed by atoms with Gasteiger partial charge in [0.05, 0.1) is 23.2 Å². The Balaban J connectivity index is 1.34. The maximum Gasteiger partial charge on any atom is 0.226 e. The molecular formula is C20H21N3O2S. The van der Waals surface area contributed by atoms with Crippen LogP contribution < -0.4 is 15.0 Å². The summed E-state index contributed by atoms with van der Waals surface area (Å²) in [5.41, 5.74) is 3.26. The van der Waals surface area contributed by atoms with Gasteiger partial charge in [0.25, 0.3) is 0 Å². The summed E-state index contributed by atoms with van der Waals surface area (Å²) >= 11 is 1.69. The molecule has 0 atom stereocenters. The van der Waals surface area contributed by atoms with Crippen molar-refractivity contribution in [3.05, 3.63) is 53.6 Å². The molecule has 5 nitrogen and oxygen atoms in total. The van der Waals surface area contributed by atoms with E-state index in [2.05, 4.69) is 40.3 Å². The van der Waals surface area contributed by atoms with Crippen LogP contribution in [-0.4, -0.2) is 31.1 Å². The number of aryl methyl sites for hydroxylation is 1. The van der Waals surface area contributed by atoms with Gasteiger partial charge in [-0.3, -0.25) is 4.79 Å². The van der Waals surface area contributed by atoms with Crippen molar-refractivity contribution in [1.82, 2.24) is 10.3 Å². The Morgan fingerprint density at radius 3 is 2.92 bits per heavy atom. The van der Waals surface area contributed by atoms with Gasteiger partial charge in [0.1, 0.15) is 5.75 Å². The number of nitrogens with one attached hydrogen (secondary N) is 1. The Morgan fingerprint density at radius 1 is 1.31 bits per heavy atom. The van der Waals surface area contributed by atoms with E-state index in [1.54, 1.807) is 18.4 Å². The van der Waals surface area contributed by atoms with Gasteiger partial charge in [0, 0.05) is 25.2 Å². The highest BCUT2D eigenvalue weighted by Gasteiger charge is 2.34. The lowest BCUT2D eigenvalue weighted by atomic mass is 10.00. The molecule has 26 heavy (non-hydrogen) atoms. The van der Waals surface area contributed by atoms with Gasteiger partial charge in [-0.05, 0) is 30.7 Å². The molecule has 0 bridgehead atoms. The molecule has 3 aromatic rings. The first-order valence-electron chi connectivity index (χ1n) is 8.66. The molecular weight excluding hydrogens is 346 g/mol. The molecule has 0 spiro atoms. The standard InChI is InChI=1S/C20H21N3O2S/c1-13-7-8-16-18(9-13)26-20(22-16)23-11-15(12-23)19(24)21-10-14-5-3-4-6-17(14)25-2/h3-9,15H,10-12H2,1-2H3,(H,21,24). The van der Waals surface area contributed by atoms with Crippen LogP contribution in [0, 0.1) is 12.8 Å². The number of fused-ring (bicyclic) bond motifs is 1. The predicted molar refractivity (Wildman–Crippen MR) is 105 cm³/mol. The van der Waals surface area contributed by atoms with E-state index in [-0.39, 0.29) is 11.8 Å². The summed E-state index contributed by atoms with van der Waals surface area (Å²) in [6.07, 6.45) is 0. The Morgan fingerprint density at radius 2 is 2.12 bits per heavy atom. The van der Waals surface area contributed by atoms with E-state index in [1.165, 1.54) is 10.3 Å². The maximum atomic E-state index is 12.4. The number of hydrogen-bond acceptors (Lipinski definition) is 5. The minimum Gasteiger partial charge on any atom is -0.496 e. The topological polar surface area (TPSA) is 54.5 Å². The number of carbonyl (C=O) groups is 1. The molecule has 0 saturated carbocycles. The van der Waals surface area contributed by atoms with Crippen molar-refractivity contribution < 1.29 is 9.53 Å². The van der Waals surface area contributed by atoms with Gasteiger partial charge >= 0.3 is 0 Å². The molecule has 1 N–H and O–H groups in total. The lowest BCUT2D eigenvalue weighted by molar-refractivity contribution is -0.125. The first-order valence-corrected chi connectivity index (χ1v) is 9.47. The van der Waals surface area contributed by atoms with Crippen molar-refractivity contribution in [2.45, 2.75) is 13.5 Å². The predicted octanol–water partition coefficient (Wildman–Crippen LogP) is 3.37. The van der Waals surface area contributed by atoms with Crippen molar-refractivity contribution in [3.63, 3.8) is 0 Å². The molecule has 4 rings (SSSR count). The van der Waals surface area contributed by atoms with Crippen molar-refractivity contribution in [1.29, 1.82) is 0 Å². The molecule has 0 radical (unpaired) electrons. The number of benzene rings is 2. The molecule has 2 heterocycles. The summed E-state index contributed by atoms with van der Waals surface area (Å²) < 4.78 is 6.52. The van der Waals surface area contributed by atoms with Crippen LogP contribution in [0.15, 0.2) is 42.5 Å². The molecule has 1 aliphatic rings. The summed E-state index contributed by atoms with van der Waals surface area (Å²) in [5, 5.41) is 4.02. The number of hydrogen-bond donors (Lipinski definition) is 1. The van der Waals surface area contributed by atoms with Gasteiger partial charge in [-0.25, -0.2) is 4.98 Å². The first-order chi connectivity index (χ1) is 12.6. The third kappa shape index (κ3) is 3.24. The van der Waals surface area contributed by atoms with E-state index in [4.69, 9.17) is 4.74 Å². The summed E-state index contributed by atoms with van der Waals surface area (Å²) in [6, 6.07) is 14.0. The van der Waals surface area contributed by atoms with Crippen molar-refractivity contribution in [3.8, 4) is 5.75 Å². The van der Waals surface area contributed by atoms with E-state index < -0.39 is 0 Å². The molecule has 6 heteroatoms. The Kier molecular flexibility index (Phi) is 4.51. The second kappa shape index (κ2) is 6.96. The number of thiazole rings is 1. The lowest BCUT2D eigenvalue weighted by Crippen LogP contribution is -2.53. The number of methoxy groups -OCH3 is 1. The number of nitrogens with zero attached hydrogens (tertiary/aromatic N) is 2. The van der Waals surface area contributed by atoms with E-state index in [0.29, 0.717) is 6.54 Å².